The van der Waals surface area contributed by atoms with E-state index < -0.39 is 6.43 Å². The fourth-order valence-electron chi connectivity index (χ4n) is 2.11. The van der Waals surface area contributed by atoms with E-state index in [1.807, 2.05) is 0 Å². The van der Waals surface area contributed by atoms with E-state index >= 15 is 0 Å². The maximum absolute atomic E-state index is 12.7. The highest BCUT2D eigenvalue weighted by Crippen LogP contribution is 2.26. The number of aromatic nitrogens is 1. The van der Waals surface area contributed by atoms with Crippen molar-refractivity contribution in [1.29, 1.82) is 0 Å². The molecule has 1 aromatic carbocycles. The van der Waals surface area contributed by atoms with E-state index in [1.165, 1.54) is 6.07 Å². The summed E-state index contributed by atoms with van der Waals surface area (Å²) in [7, 11) is 0. The normalized spacial score (nSPS) is 10.9. The Hall–Kier alpha value is -2.82. The lowest BCUT2D eigenvalue weighted by Crippen LogP contribution is -1.92. The minimum Gasteiger partial charge on any atom is -0.453 e. The van der Waals surface area contributed by atoms with Gasteiger partial charge in [0.15, 0.2) is 12.0 Å². The number of rotatable bonds is 4. The van der Waals surface area contributed by atoms with Crippen molar-refractivity contribution in [3.63, 3.8) is 0 Å². The van der Waals surface area contributed by atoms with Gasteiger partial charge in [0, 0.05) is 11.1 Å². The maximum Gasteiger partial charge on any atom is 0.280 e. The molecule has 0 saturated carbocycles. The average molecular weight is 299 g/mol. The van der Waals surface area contributed by atoms with E-state index in [0.29, 0.717) is 17.7 Å². The first-order valence-electron chi connectivity index (χ1n) is 6.58. The van der Waals surface area contributed by atoms with E-state index in [9.17, 15) is 13.6 Å². The summed E-state index contributed by atoms with van der Waals surface area (Å²) in [4.78, 5) is 14.6. The number of carbonyl (C=O) groups is 1. The maximum atomic E-state index is 12.7. The lowest BCUT2D eigenvalue weighted by atomic mass is 10.1. The van der Waals surface area contributed by atoms with Crippen LogP contribution in [0.1, 0.15) is 22.7 Å². The third kappa shape index (κ3) is 2.79. The Kier molecular flexibility index (Phi) is 3.78. The zero-order valence-electron chi connectivity index (χ0n) is 11.4. The van der Waals surface area contributed by atoms with Crippen LogP contribution in [-0.2, 0) is 0 Å². The number of halogens is 2. The Morgan fingerprint density at radius 2 is 1.68 bits per heavy atom. The van der Waals surface area contributed by atoms with Crippen molar-refractivity contribution >= 4 is 6.29 Å². The van der Waals surface area contributed by atoms with Gasteiger partial charge < -0.3 is 4.42 Å². The van der Waals surface area contributed by atoms with Gasteiger partial charge in [-0.05, 0) is 24.3 Å². The fourth-order valence-corrected chi connectivity index (χ4v) is 2.11. The Balaban J connectivity index is 1.91. The predicted octanol–water partition coefficient (Wildman–Crippen LogP) is 4.76. The number of hydrogen-bond acceptors (Lipinski definition) is 3. The highest BCUT2D eigenvalue weighted by Gasteiger charge is 2.10. The van der Waals surface area contributed by atoms with Crippen LogP contribution in [0.4, 0.5) is 8.78 Å². The molecule has 3 nitrogen and oxygen atoms in total. The van der Waals surface area contributed by atoms with Crippen LogP contribution in [0.15, 0.2) is 59.0 Å². The molecule has 22 heavy (non-hydrogen) atoms. The standard InChI is InChI=1S/C17H11F2NO2/c18-17(19)15-3-1-2-14(20-15)11-4-6-12(7-5-11)16-9-8-13(10-21)22-16/h1-10,17H. The Morgan fingerprint density at radius 3 is 2.32 bits per heavy atom. The summed E-state index contributed by atoms with van der Waals surface area (Å²) in [6, 6.07) is 15.0. The van der Waals surface area contributed by atoms with Crippen LogP contribution in [0.25, 0.3) is 22.6 Å². The van der Waals surface area contributed by atoms with Gasteiger partial charge in [-0.2, -0.15) is 0 Å². The van der Waals surface area contributed by atoms with Crippen molar-refractivity contribution in [2.75, 3.05) is 0 Å². The SMILES string of the molecule is O=Cc1ccc(-c2ccc(-c3cccc(C(F)F)n3)cc2)o1. The van der Waals surface area contributed by atoms with E-state index in [0.717, 1.165) is 11.1 Å². The molecule has 0 N–H and O–H groups in total. The van der Waals surface area contributed by atoms with Crippen molar-refractivity contribution in [2.45, 2.75) is 6.43 Å². The average Bonchev–Trinajstić information content (AvgIpc) is 3.04. The second-order valence-electron chi connectivity index (χ2n) is 4.65. The number of benzene rings is 1. The summed E-state index contributed by atoms with van der Waals surface area (Å²) in [5, 5.41) is 0. The molecule has 3 rings (SSSR count). The molecule has 0 radical (unpaired) electrons. The van der Waals surface area contributed by atoms with E-state index in [4.69, 9.17) is 4.42 Å². The van der Waals surface area contributed by atoms with Crippen molar-refractivity contribution in [3.8, 4) is 22.6 Å². The summed E-state index contributed by atoms with van der Waals surface area (Å²) < 4.78 is 30.7. The number of carbonyl (C=O) groups excluding carboxylic acids is 1. The summed E-state index contributed by atoms with van der Waals surface area (Å²) >= 11 is 0. The quantitative estimate of drug-likeness (QED) is 0.652. The van der Waals surface area contributed by atoms with Gasteiger partial charge in [-0.1, -0.05) is 30.3 Å². The van der Waals surface area contributed by atoms with E-state index in [2.05, 4.69) is 4.98 Å². The fraction of sp³-hybridized carbons (Fsp3) is 0.0588. The Bertz CT molecular complexity index is 794. The number of hydrogen-bond donors (Lipinski definition) is 0. The Morgan fingerprint density at radius 1 is 0.955 bits per heavy atom. The molecule has 2 heterocycles. The number of pyridine rings is 1. The van der Waals surface area contributed by atoms with Crippen LogP contribution in [0.2, 0.25) is 0 Å². The topological polar surface area (TPSA) is 43.1 Å². The van der Waals surface area contributed by atoms with E-state index in [1.54, 1.807) is 48.5 Å². The monoisotopic (exact) mass is 299 g/mol. The van der Waals surface area contributed by atoms with Gasteiger partial charge in [0.25, 0.3) is 6.43 Å². The molecule has 0 amide bonds. The van der Waals surface area contributed by atoms with E-state index in [-0.39, 0.29) is 11.5 Å². The highest BCUT2D eigenvalue weighted by molar-refractivity contribution is 5.73. The third-order valence-corrected chi connectivity index (χ3v) is 3.20. The lowest BCUT2D eigenvalue weighted by Gasteiger charge is -2.05. The molecule has 0 saturated heterocycles. The first-order valence-corrected chi connectivity index (χ1v) is 6.58. The van der Waals surface area contributed by atoms with Gasteiger partial charge in [-0.25, -0.2) is 13.8 Å². The summed E-state index contributed by atoms with van der Waals surface area (Å²) in [6.07, 6.45) is -1.96. The molecule has 2 aromatic heterocycles. The summed E-state index contributed by atoms with van der Waals surface area (Å²) in [6.45, 7) is 0. The van der Waals surface area contributed by atoms with Crippen LogP contribution in [0, 0.1) is 0 Å². The molecule has 0 aliphatic carbocycles. The smallest absolute Gasteiger partial charge is 0.280 e. The van der Waals surface area contributed by atoms with Gasteiger partial charge in [-0.15, -0.1) is 0 Å². The zero-order chi connectivity index (χ0) is 15.5. The van der Waals surface area contributed by atoms with Crippen molar-refractivity contribution < 1.29 is 18.0 Å². The van der Waals surface area contributed by atoms with Crippen molar-refractivity contribution in [2.24, 2.45) is 0 Å². The van der Waals surface area contributed by atoms with Crippen LogP contribution in [0.3, 0.4) is 0 Å². The second-order valence-corrected chi connectivity index (χ2v) is 4.65. The molecule has 0 spiro atoms. The molecule has 0 aliphatic heterocycles. The molecule has 110 valence electrons. The molecule has 0 aliphatic rings. The number of furan rings is 1. The number of alkyl halides is 2. The van der Waals surface area contributed by atoms with Crippen LogP contribution in [-0.4, -0.2) is 11.3 Å². The summed E-state index contributed by atoms with van der Waals surface area (Å²) in [5.41, 5.74) is 1.76. The molecule has 0 fully saturated rings. The second kappa shape index (κ2) is 5.89. The lowest BCUT2D eigenvalue weighted by molar-refractivity contribution is 0.110. The van der Waals surface area contributed by atoms with Crippen LogP contribution >= 0.6 is 0 Å². The van der Waals surface area contributed by atoms with Crippen LogP contribution < -0.4 is 0 Å². The number of nitrogens with zero attached hydrogens (tertiary/aromatic N) is 1. The molecule has 5 heteroatoms. The minimum atomic E-state index is -2.59. The molecule has 3 aromatic rings. The van der Waals surface area contributed by atoms with Gasteiger partial charge in [0.1, 0.15) is 11.5 Å². The Labute approximate surface area is 125 Å². The first-order chi connectivity index (χ1) is 10.7. The molecular weight excluding hydrogens is 288 g/mol. The molecular formula is C17H11F2NO2. The third-order valence-electron chi connectivity index (χ3n) is 3.20. The number of aldehydes is 1. The first kappa shape index (κ1) is 14.1. The van der Waals surface area contributed by atoms with Crippen molar-refractivity contribution in [1.82, 2.24) is 4.98 Å². The van der Waals surface area contributed by atoms with Gasteiger partial charge in [0.05, 0.1) is 5.69 Å². The zero-order valence-corrected chi connectivity index (χ0v) is 11.4. The largest absolute Gasteiger partial charge is 0.453 e. The van der Waals surface area contributed by atoms with Gasteiger partial charge >= 0.3 is 0 Å². The minimum absolute atomic E-state index is 0.247. The predicted molar refractivity (Wildman–Crippen MR) is 77.7 cm³/mol. The molecule has 0 atom stereocenters. The van der Waals surface area contributed by atoms with Gasteiger partial charge in [0.2, 0.25) is 0 Å². The molecule has 0 bridgehead atoms. The van der Waals surface area contributed by atoms with Gasteiger partial charge in [-0.3, -0.25) is 4.79 Å². The molecule has 0 unspecified atom stereocenters. The summed E-state index contributed by atoms with van der Waals surface area (Å²) in [5.74, 6) is 0.827. The van der Waals surface area contributed by atoms with Crippen LogP contribution in [0.5, 0.6) is 0 Å². The highest BCUT2D eigenvalue weighted by atomic mass is 19.3. The van der Waals surface area contributed by atoms with Crippen molar-refractivity contribution in [3.05, 3.63) is 66.1 Å².